The van der Waals surface area contributed by atoms with Gasteiger partial charge in [0.2, 0.25) is 0 Å². The number of rotatable bonds is 5. The lowest BCUT2D eigenvalue weighted by Gasteiger charge is -2.06. The first-order valence-electron chi connectivity index (χ1n) is 6.31. The molecule has 1 atom stereocenters. The molecule has 21 heavy (non-hydrogen) atoms. The molecule has 0 saturated carbocycles. The minimum Gasteiger partial charge on any atom is -0.480 e. The van der Waals surface area contributed by atoms with Gasteiger partial charge in [-0.25, -0.2) is 9.59 Å². The number of nitrogens with one attached hydrogen (secondary N) is 1. The number of carbonyl (C=O) groups is 2. The second kappa shape index (κ2) is 6.56. The van der Waals surface area contributed by atoms with E-state index in [-0.39, 0.29) is 6.61 Å². The molecule has 110 valence electrons. The first-order chi connectivity index (χ1) is 10.1. The molecular formula is C14H15N3O4. The van der Waals surface area contributed by atoms with Crippen LogP contribution in [-0.4, -0.2) is 26.9 Å². The van der Waals surface area contributed by atoms with E-state index in [2.05, 4.69) is 10.4 Å². The average Bonchev–Trinajstić information content (AvgIpc) is 2.93. The SMILES string of the molecule is CC(C(=O)O)n1cc(NC(=O)OCc2ccccc2)cn1. The molecule has 0 aliphatic heterocycles. The van der Waals surface area contributed by atoms with Crippen LogP contribution in [0.5, 0.6) is 0 Å². The molecule has 0 radical (unpaired) electrons. The molecule has 7 heteroatoms. The second-order valence-electron chi connectivity index (χ2n) is 4.41. The van der Waals surface area contributed by atoms with E-state index in [9.17, 15) is 9.59 Å². The van der Waals surface area contributed by atoms with Gasteiger partial charge in [-0.05, 0) is 12.5 Å². The minimum atomic E-state index is -1.00. The molecule has 1 amide bonds. The highest BCUT2D eigenvalue weighted by Crippen LogP contribution is 2.11. The van der Waals surface area contributed by atoms with Crippen molar-refractivity contribution >= 4 is 17.7 Å². The van der Waals surface area contributed by atoms with Crippen LogP contribution in [0.15, 0.2) is 42.7 Å². The Morgan fingerprint density at radius 3 is 2.76 bits per heavy atom. The number of benzene rings is 1. The lowest BCUT2D eigenvalue weighted by Crippen LogP contribution is -2.16. The van der Waals surface area contributed by atoms with Gasteiger partial charge in [0, 0.05) is 6.20 Å². The van der Waals surface area contributed by atoms with E-state index < -0.39 is 18.1 Å². The Morgan fingerprint density at radius 1 is 1.38 bits per heavy atom. The van der Waals surface area contributed by atoms with Gasteiger partial charge in [-0.1, -0.05) is 30.3 Å². The predicted octanol–water partition coefficient (Wildman–Crippen LogP) is 2.28. The van der Waals surface area contributed by atoms with Crippen molar-refractivity contribution in [1.82, 2.24) is 9.78 Å². The van der Waals surface area contributed by atoms with Crippen molar-refractivity contribution in [2.75, 3.05) is 5.32 Å². The molecule has 1 heterocycles. The summed E-state index contributed by atoms with van der Waals surface area (Å²) < 4.78 is 6.29. The zero-order valence-corrected chi connectivity index (χ0v) is 11.4. The Kier molecular flexibility index (Phi) is 4.55. The van der Waals surface area contributed by atoms with E-state index in [1.54, 1.807) is 0 Å². The van der Waals surface area contributed by atoms with Gasteiger partial charge in [0.25, 0.3) is 0 Å². The van der Waals surface area contributed by atoms with Gasteiger partial charge in [-0.2, -0.15) is 5.10 Å². The van der Waals surface area contributed by atoms with Crippen molar-refractivity contribution in [2.24, 2.45) is 0 Å². The van der Waals surface area contributed by atoms with E-state index >= 15 is 0 Å². The summed E-state index contributed by atoms with van der Waals surface area (Å²) in [4.78, 5) is 22.4. The van der Waals surface area contributed by atoms with Crippen LogP contribution in [0.3, 0.4) is 0 Å². The molecule has 2 aromatic rings. The number of aliphatic carboxylic acids is 1. The van der Waals surface area contributed by atoms with Crippen molar-refractivity contribution in [3.8, 4) is 0 Å². The summed E-state index contributed by atoms with van der Waals surface area (Å²) in [6.45, 7) is 1.65. The van der Waals surface area contributed by atoms with Gasteiger partial charge in [-0.3, -0.25) is 10.00 Å². The smallest absolute Gasteiger partial charge is 0.412 e. The topological polar surface area (TPSA) is 93.5 Å². The Hall–Kier alpha value is -2.83. The van der Waals surface area contributed by atoms with Crippen molar-refractivity contribution in [3.05, 3.63) is 48.3 Å². The van der Waals surface area contributed by atoms with Crippen LogP contribution >= 0.6 is 0 Å². The summed E-state index contributed by atoms with van der Waals surface area (Å²) in [7, 11) is 0. The summed E-state index contributed by atoms with van der Waals surface area (Å²) in [5, 5.41) is 15.2. The maximum atomic E-state index is 11.6. The van der Waals surface area contributed by atoms with Crippen molar-refractivity contribution in [3.63, 3.8) is 0 Å². The summed E-state index contributed by atoms with van der Waals surface area (Å²) >= 11 is 0. The Morgan fingerprint density at radius 2 is 2.10 bits per heavy atom. The number of anilines is 1. The van der Waals surface area contributed by atoms with Gasteiger partial charge < -0.3 is 9.84 Å². The Labute approximate surface area is 121 Å². The van der Waals surface area contributed by atoms with Crippen LogP contribution in [0.25, 0.3) is 0 Å². The number of carboxylic acids is 1. The highest BCUT2D eigenvalue weighted by atomic mass is 16.5. The van der Waals surface area contributed by atoms with Gasteiger partial charge in [-0.15, -0.1) is 0 Å². The van der Waals surface area contributed by atoms with Gasteiger partial charge in [0.1, 0.15) is 12.6 Å². The first kappa shape index (κ1) is 14.6. The first-order valence-corrected chi connectivity index (χ1v) is 6.31. The summed E-state index contributed by atoms with van der Waals surface area (Å²) in [5.41, 5.74) is 1.25. The van der Waals surface area contributed by atoms with Crippen LogP contribution in [0.4, 0.5) is 10.5 Å². The number of aromatic nitrogens is 2. The number of ether oxygens (including phenoxy) is 1. The zero-order valence-electron chi connectivity index (χ0n) is 11.4. The van der Waals surface area contributed by atoms with Crippen LogP contribution < -0.4 is 5.32 Å². The highest BCUT2D eigenvalue weighted by molar-refractivity contribution is 5.84. The predicted molar refractivity (Wildman–Crippen MR) is 74.8 cm³/mol. The molecule has 0 spiro atoms. The second-order valence-corrected chi connectivity index (χ2v) is 4.41. The molecule has 0 fully saturated rings. The summed E-state index contributed by atoms with van der Waals surface area (Å²) in [5.74, 6) is -1.00. The third-order valence-corrected chi connectivity index (χ3v) is 2.81. The van der Waals surface area contributed by atoms with E-state index in [4.69, 9.17) is 9.84 Å². The number of carboxylic acid groups (broad SMARTS) is 1. The maximum Gasteiger partial charge on any atom is 0.412 e. The molecule has 0 bridgehead atoms. The van der Waals surface area contributed by atoms with Crippen LogP contribution in [0.2, 0.25) is 0 Å². The van der Waals surface area contributed by atoms with Crippen molar-refractivity contribution in [2.45, 2.75) is 19.6 Å². The minimum absolute atomic E-state index is 0.159. The molecule has 1 aromatic heterocycles. The number of carbonyl (C=O) groups excluding carboxylic acids is 1. The van der Waals surface area contributed by atoms with Crippen molar-refractivity contribution < 1.29 is 19.4 Å². The number of amides is 1. The normalized spacial score (nSPS) is 11.7. The quantitative estimate of drug-likeness (QED) is 0.880. The third-order valence-electron chi connectivity index (χ3n) is 2.81. The summed E-state index contributed by atoms with van der Waals surface area (Å²) in [6.07, 6.45) is 2.17. The Balaban J connectivity index is 1.87. The van der Waals surface area contributed by atoms with Gasteiger partial charge >= 0.3 is 12.1 Å². The van der Waals surface area contributed by atoms with Gasteiger partial charge in [0.05, 0.1) is 11.9 Å². The maximum absolute atomic E-state index is 11.6. The third kappa shape index (κ3) is 4.07. The van der Waals surface area contributed by atoms with Gasteiger partial charge in [0.15, 0.2) is 0 Å². The molecule has 1 aromatic carbocycles. The van der Waals surface area contributed by atoms with Crippen molar-refractivity contribution in [1.29, 1.82) is 0 Å². The summed E-state index contributed by atoms with van der Waals surface area (Å²) in [6, 6.07) is 8.48. The van der Waals surface area contributed by atoms with E-state index in [0.717, 1.165) is 5.56 Å². The molecule has 2 N–H and O–H groups in total. The zero-order chi connectivity index (χ0) is 15.2. The highest BCUT2D eigenvalue weighted by Gasteiger charge is 2.15. The lowest BCUT2D eigenvalue weighted by molar-refractivity contribution is -0.140. The van der Waals surface area contributed by atoms with Crippen LogP contribution in [0, 0.1) is 0 Å². The molecule has 0 aliphatic rings. The lowest BCUT2D eigenvalue weighted by atomic mass is 10.2. The fraction of sp³-hybridized carbons (Fsp3) is 0.214. The number of hydrogen-bond donors (Lipinski definition) is 2. The largest absolute Gasteiger partial charge is 0.480 e. The Bertz CT molecular complexity index is 624. The molecule has 7 nitrogen and oxygen atoms in total. The molecular weight excluding hydrogens is 274 g/mol. The van der Waals surface area contributed by atoms with Crippen LogP contribution in [-0.2, 0) is 16.1 Å². The molecule has 0 saturated heterocycles. The fourth-order valence-corrected chi connectivity index (χ4v) is 1.60. The van der Waals surface area contributed by atoms with Crippen LogP contribution in [0.1, 0.15) is 18.5 Å². The molecule has 1 unspecified atom stereocenters. The monoisotopic (exact) mass is 289 g/mol. The van der Waals surface area contributed by atoms with E-state index in [1.807, 2.05) is 30.3 Å². The average molecular weight is 289 g/mol. The standard InChI is InChI=1S/C14H15N3O4/c1-10(13(18)19)17-8-12(7-15-17)16-14(20)21-9-11-5-3-2-4-6-11/h2-8,10H,9H2,1H3,(H,16,20)(H,18,19). The number of nitrogens with zero attached hydrogens (tertiary/aromatic N) is 2. The van der Waals surface area contributed by atoms with E-state index in [1.165, 1.54) is 24.0 Å². The number of hydrogen-bond acceptors (Lipinski definition) is 4. The fourth-order valence-electron chi connectivity index (χ4n) is 1.60. The molecule has 2 rings (SSSR count). The van der Waals surface area contributed by atoms with E-state index in [0.29, 0.717) is 5.69 Å². The molecule has 0 aliphatic carbocycles.